The Morgan fingerprint density at radius 2 is 2.29 bits per heavy atom. The molecule has 1 heterocycles. The fraction of sp³-hybridized carbons (Fsp3) is 0.100. The van der Waals surface area contributed by atoms with Gasteiger partial charge >= 0.3 is 0 Å². The van der Waals surface area contributed by atoms with Gasteiger partial charge in [0.1, 0.15) is 5.00 Å². The van der Waals surface area contributed by atoms with E-state index in [1.54, 1.807) is 11.8 Å². The van der Waals surface area contributed by atoms with Crippen molar-refractivity contribution >= 4 is 38.2 Å². The molecule has 0 saturated heterocycles. The average Bonchev–Trinajstić information content (AvgIpc) is 2.51. The van der Waals surface area contributed by atoms with Crippen molar-refractivity contribution in [2.75, 3.05) is 12.0 Å². The summed E-state index contributed by atoms with van der Waals surface area (Å²) in [5, 5.41) is 10.7. The van der Waals surface area contributed by atoms with Crippen LogP contribution in [-0.2, 0) is 0 Å². The van der Waals surface area contributed by atoms with Crippen LogP contribution in [0.25, 0.3) is 10.1 Å². The van der Waals surface area contributed by atoms with Gasteiger partial charge in [-0.05, 0) is 18.4 Å². The van der Waals surface area contributed by atoms with Crippen LogP contribution in [0.2, 0.25) is 0 Å². The number of thioether (sulfide) groups is 1. The van der Waals surface area contributed by atoms with E-state index in [-0.39, 0.29) is 0 Å². The average molecular weight is 220 g/mol. The number of rotatable bonds is 1. The number of thiophene rings is 1. The predicted octanol–water partition coefficient (Wildman–Crippen LogP) is 3.08. The highest BCUT2D eigenvalue weighted by atomic mass is 32.2. The van der Waals surface area contributed by atoms with Gasteiger partial charge in [0.25, 0.3) is 0 Å². The van der Waals surface area contributed by atoms with Gasteiger partial charge in [0.2, 0.25) is 0 Å². The zero-order chi connectivity index (χ0) is 10.1. The van der Waals surface area contributed by atoms with Gasteiger partial charge in [-0.1, -0.05) is 6.07 Å². The van der Waals surface area contributed by atoms with Crippen molar-refractivity contribution in [1.82, 2.24) is 0 Å². The number of fused-ring (bicyclic) bond motifs is 1. The molecule has 0 radical (unpaired) electrons. The normalized spacial score (nSPS) is 10.3. The number of anilines is 1. The zero-order valence-corrected chi connectivity index (χ0v) is 9.21. The third-order valence-electron chi connectivity index (χ3n) is 2.00. The molecule has 0 aliphatic carbocycles. The summed E-state index contributed by atoms with van der Waals surface area (Å²) in [5.74, 6) is 0. The molecule has 70 valence electrons. The summed E-state index contributed by atoms with van der Waals surface area (Å²) in [5.41, 5.74) is 6.56. The Kier molecular flexibility index (Phi) is 2.36. The van der Waals surface area contributed by atoms with Crippen LogP contribution in [-0.4, -0.2) is 6.26 Å². The van der Waals surface area contributed by atoms with Crippen LogP contribution in [0, 0.1) is 11.3 Å². The summed E-state index contributed by atoms with van der Waals surface area (Å²) in [6.07, 6.45) is 2.01. The van der Waals surface area contributed by atoms with E-state index >= 15 is 0 Å². The predicted molar refractivity (Wildman–Crippen MR) is 62.7 cm³/mol. The van der Waals surface area contributed by atoms with E-state index < -0.39 is 0 Å². The molecule has 0 unspecified atom stereocenters. The van der Waals surface area contributed by atoms with Crippen LogP contribution in [0.3, 0.4) is 0 Å². The van der Waals surface area contributed by atoms with Crippen LogP contribution in [0.5, 0.6) is 0 Å². The van der Waals surface area contributed by atoms with E-state index in [1.807, 2.05) is 24.5 Å². The lowest BCUT2D eigenvalue weighted by atomic mass is 10.2. The molecule has 1 aromatic heterocycles. The SMILES string of the molecule is CSc1c(N)sc2cc(C#N)ccc12. The highest BCUT2D eigenvalue weighted by Gasteiger charge is 2.08. The minimum Gasteiger partial charge on any atom is -0.390 e. The first-order valence-corrected chi connectivity index (χ1v) is 6.06. The third-order valence-corrected chi connectivity index (χ3v) is 3.96. The van der Waals surface area contributed by atoms with E-state index in [0.29, 0.717) is 5.56 Å². The second kappa shape index (κ2) is 3.52. The summed E-state index contributed by atoms with van der Waals surface area (Å²) in [6.45, 7) is 0. The maximum Gasteiger partial charge on any atom is 0.101 e. The molecule has 2 rings (SSSR count). The molecule has 0 fully saturated rings. The molecule has 0 amide bonds. The molecular weight excluding hydrogens is 212 g/mol. The summed E-state index contributed by atoms with van der Waals surface area (Å²) in [7, 11) is 0. The van der Waals surface area contributed by atoms with Gasteiger partial charge in [-0.25, -0.2) is 0 Å². The minimum atomic E-state index is 0.686. The summed E-state index contributed by atoms with van der Waals surface area (Å²) < 4.78 is 1.09. The molecule has 0 saturated carbocycles. The lowest BCUT2D eigenvalue weighted by Crippen LogP contribution is -1.79. The topological polar surface area (TPSA) is 49.8 Å². The molecule has 2 N–H and O–H groups in total. The number of nitrogen functional groups attached to an aromatic ring is 1. The van der Waals surface area contributed by atoms with Crippen molar-refractivity contribution in [3.63, 3.8) is 0 Å². The molecule has 0 bridgehead atoms. The first kappa shape index (κ1) is 9.38. The molecule has 1 aromatic carbocycles. The molecule has 4 heteroatoms. The number of benzene rings is 1. The largest absolute Gasteiger partial charge is 0.390 e. The fourth-order valence-corrected chi connectivity index (χ4v) is 3.32. The van der Waals surface area contributed by atoms with Gasteiger partial charge in [0.05, 0.1) is 11.6 Å². The van der Waals surface area contributed by atoms with Crippen molar-refractivity contribution in [2.24, 2.45) is 0 Å². The highest BCUT2D eigenvalue weighted by molar-refractivity contribution is 7.99. The number of hydrogen-bond acceptors (Lipinski definition) is 4. The monoisotopic (exact) mass is 220 g/mol. The van der Waals surface area contributed by atoms with Crippen LogP contribution in [0.4, 0.5) is 5.00 Å². The van der Waals surface area contributed by atoms with Crippen LogP contribution in [0.15, 0.2) is 23.1 Å². The van der Waals surface area contributed by atoms with Gasteiger partial charge in [0.15, 0.2) is 0 Å². The van der Waals surface area contributed by atoms with E-state index in [4.69, 9.17) is 11.0 Å². The van der Waals surface area contributed by atoms with Gasteiger partial charge in [0, 0.05) is 15.0 Å². The van der Waals surface area contributed by atoms with Crippen molar-refractivity contribution in [2.45, 2.75) is 4.90 Å². The number of hydrogen-bond donors (Lipinski definition) is 1. The Bertz CT molecular complexity index is 523. The Balaban J connectivity index is 2.76. The van der Waals surface area contributed by atoms with Crippen molar-refractivity contribution in [3.05, 3.63) is 23.8 Å². The standard InChI is InChI=1S/C10H8N2S2/c1-13-9-7-3-2-6(5-11)4-8(7)14-10(9)12/h2-4H,12H2,1H3. The minimum absolute atomic E-state index is 0.686. The quantitative estimate of drug-likeness (QED) is 0.751. The summed E-state index contributed by atoms with van der Waals surface area (Å²) in [6, 6.07) is 7.80. The highest BCUT2D eigenvalue weighted by Crippen LogP contribution is 2.39. The first-order valence-electron chi connectivity index (χ1n) is 4.02. The molecule has 0 aliphatic heterocycles. The zero-order valence-electron chi connectivity index (χ0n) is 7.57. The molecule has 14 heavy (non-hydrogen) atoms. The third kappa shape index (κ3) is 1.35. The van der Waals surface area contributed by atoms with E-state index in [2.05, 4.69) is 6.07 Å². The van der Waals surface area contributed by atoms with Gasteiger partial charge < -0.3 is 5.73 Å². The maximum absolute atomic E-state index is 8.75. The van der Waals surface area contributed by atoms with Gasteiger partial charge in [-0.15, -0.1) is 23.1 Å². The molecule has 0 aliphatic rings. The summed E-state index contributed by atoms with van der Waals surface area (Å²) >= 11 is 3.19. The van der Waals surface area contributed by atoms with Crippen molar-refractivity contribution in [1.29, 1.82) is 5.26 Å². The Labute approximate surface area is 90.3 Å². The van der Waals surface area contributed by atoms with E-state index in [9.17, 15) is 0 Å². The first-order chi connectivity index (χ1) is 6.76. The number of nitrogens with zero attached hydrogens (tertiary/aromatic N) is 1. The van der Waals surface area contributed by atoms with Crippen molar-refractivity contribution < 1.29 is 0 Å². The lowest BCUT2D eigenvalue weighted by Gasteiger charge is -1.94. The van der Waals surface area contributed by atoms with Gasteiger partial charge in [-0.2, -0.15) is 5.26 Å². The van der Waals surface area contributed by atoms with E-state index in [0.717, 1.165) is 20.0 Å². The molecule has 0 atom stereocenters. The Morgan fingerprint density at radius 1 is 1.50 bits per heavy atom. The molecular formula is C10H8N2S2. The van der Waals surface area contributed by atoms with Crippen LogP contribution >= 0.6 is 23.1 Å². The van der Waals surface area contributed by atoms with E-state index in [1.165, 1.54) is 11.3 Å². The summed E-state index contributed by atoms with van der Waals surface area (Å²) in [4.78, 5) is 1.12. The van der Waals surface area contributed by atoms with Gasteiger partial charge in [-0.3, -0.25) is 0 Å². The maximum atomic E-state index is 8.75. The molecule has 0 spiro atoms. The second-order valence-corrected chi connectivity index (χ2v) is 4.72. The Morgan fingerprint density at radius 3 is 2.93 bits per heavy atom. The fourth-order valence-electron chi connectivity index (χ4n) is 1.37. The van der Waals surface area contributed by atoms with Crippen molar-refractivity contribution in [3.8, 4) is 6.07 Å². The molecule has 2 aromatic rings. The number of nitriles is 1. The Hall–Kier alpha value is -1.18. The molecule has 2 nitrogen and oxygen atoms in total. The smallest absolute Gasteiger partial charge is 0.101 e. The number of nitrogens with two attached hydrogens (primary N) is 1. The second-order valence-electron chi connectivity index (χ2n) is 2.82. The van der Waals surface area contributed by atoms with Crippen LogP contribution in [0.1, 0.15) is 5.56 Å². The van der Waals surface area contributed by atoms with Crippen LogP contribution < -0.4 is 5.73 Å². The lowest BCUT2D eigenvalue weighted by molar-refractivity contribution is 1.50.